The van der Waals surface area contributed by atoms with Crippen molar-refractivity contribution >= 4 is 34.7 Å². The molecule has 0 radical (unpaired) electrons. The average Bonchev–Trinajstić information content (AvgIpc) is 2.95. The van der Waals surface area contributed by atoms with Crippen LogP contribution in [0.15, 0.2) is 95.1 Å². The van der Waals surface area contributed by atoms with Gasteiger partial charge < -0.3 is 14.8 Å². The molecule has 9 heteroatoms. The fourth-order valence-electron chi connectivity index (χ4n) is 3.38. The molecule has 1 aromatic heterocycles. The quantitative estimate of drug-likeness (QED) is 0.186. The van der Waals surface area contributed by atoms with Gasteiger partial charge in [-0.15, -0.1) is 0 Å². The molecule has 0 fully saturated rings. The van der Waals surface area contributed by atoms with Crippen LogP contribution in [-0.4, -0.2) is 35.6 Å². The van der Waals surface area contributed by atoms with Crippen LogP contribution in [0.4, 0.5) is 23.3 Å². The van der Waals surface area contributed by atoms with E-state index in [1.54, 1.807) is 20.3 Å². The lowest BCUT2D eigenvalue weighted by atomic mass is 10.1. The molecule has 0 amide bonds. The molecule has 0 aliphatic heterocycles. The third-order valence-electron chi connectivity index (χ3n) is 5.41. The summed E-state index contributed by atoms with van der Waals surface area (Å²) in [5.41, 5.74) is 10.3. The summed E-state index contributed by atoms with van der Waals surface area (Å²) in [6, 6.07) is 26.8. The van der Waals surface area contributed by atoms with E-state index in [4.69, 9.17) is 9.47 Å². The Morgan fingerprint density at radius 2 is 1.16 bits per heavy atom. The van der Waals surface area contributed by atoms with Gasteiger partial charge in [-0.2, -0.15) is 20.2 Å². The molecule has 3 aromatic carbocycles. The SMILES string of the molecule is COc1cccc(C(C)=NNc2cc(NN=C(C)c3cccc(OC)c3)nc(Nc3ccccc3)n2)c1. The first-order chi connectivity index (χ1) is 18.0. The molecule has 0 atom stereocenters. The van der Waals surface area contributed by atoms with Crippen LogP contribution in [0, 0.1) is 0 Å². The fourth-order valence-corrected chi connectivity index (χ4v) is 3.38. The summed E-state index contributed by atoms with van der Waals surface area (Å²) in [4.78, 5) is 9.13. The summed E-state index contributed by atoms with van der Waals surface area (Å²) in [6.07, 6.45) is 0. The minimum absolute atomic E-state index is 0.391. The number of para-hydroxylation sites is 1. The molecule has 188 valence electrons. The Labute approximate surface area is 216 Å². The monoisotopic (exact) mass is 495 g/mol. The lowest BCUT2D eigenvalue weighted by Crippen LogP contribution is -2.06. The third kappa shape index (κ3) is 7.04. The van der Waals surface area contributed by atoms with Gasteiger partial charge in [0.15, 0.2) is 11.6 Å². The van der Waals surface area contributed by atoms with E-state index >= 15 is 0 Å². The number of hydrazone groups is 2. The first-order valence-electron chi connectivity index (χ1n) is 11.6. The van der Waals surface area contributed by atoms with Gasteiger partial charge in [-0.3, -0.25) is 10.9 Å². The Hall–Kier alpha value is -4.92. The van der Waals surface area contributed by atoms with Crippen molar-refractivity contribution in [1.82, 2.24) is 9.97 Å². The molecule has 1 heterocycles. The third-order valence-corrected chi connectivity index (χ3v) is 5.41. The summed E-state index contributed by atoms with van der Waals surface area (Å²) >= 11 is 0. The van der Waals surface area contributed by atoms with Gasteiger partial charge in [0.2, 0.25) is 5.95 Å². The highest BCUT2D eigenvalue weighted by Gasteiger charge is 2.07. The zero-order valence-electron chi connectivity index (χ0n) is 21.2. The summed E-state index contributed by atoms with van der Waals surface area (Å²) < 4.78 is 10.6. The number of methoxy groups -OCH3 is 2. The summed E-state index contributed by atoms with van der Waals surface area (Å²) in [5, 5.41) is 12.2. The van der Waals surface area contributed by atoms with E-state index in [0.29, 0.717) is 17.6 Å². The smallest absolute Gasteiger partial charge is 0.231 e. The first kappa shape index (κ1) is 25.2. The van der Waals surface area contributed by atoms with Crippen LogP contribution in [0.1, 0.15) is 25.0 Å². The van der Waals surface area contributed by atoms with Gasteiger partial charge in [0.1, 0.15) is 11.5 Å². The molecule has 0 unspecified atom stereocenters. The van der Waals surface area contributed by atoms with E-state index in [0.717, 1.165) is 39.7 Å². The van der Waals surface area contributed by atoms with Crippen molar-refractivity contribution in [2.75, 3.05) is 30.4 Å². The molecule has 0 spiro atoms. The largest absolute Gasteiger partial charge is 0.497 e. The van der Waals surface area contributed by atoms with E-state index in [9.17, 15) is 0 Å². The second-order valence-corrected chi connectivity index (χ2v) is 8.04. The van der Waals surface area contributed by atoms with Gasteiger partial charge in [0.05, 0.1) is 25.6 Å². The topological polar surface area (TPSA) is 105 Å². The minimum atomic E-state index is 0.391. The molecule has 3 N–H and O–H groups in total. The lowest BCUT2D eigenvalue weighted by Gasteiger charge is -2.11. The van der Waals surface area contributed by atoms with Crippen LogP contribution in [0.25, 0.3) is 0 Å². The summed E-state index contributed by atoms with van der Waals surface area (Å²) in [6.45, 7) is 3.82. The van der Waals surface area contributed by atoms with E-state index in [1.807, 2.05) is 92.7 Å². The van der Waals surface area contributed by atoms with Gasteiger partial charge in [0.25, 0.3) is 0 Å². The number of rotatable bonds is 10. The number of hydrogen-bond acceptors (Lipinski definition) is 9. The Balaban J connectivity index is 1.59. The van der Waals surface area contributed by atoms with Gasteiger partial charge in [-0.25, -0.2) is 0 Å². The predicted molar refractivity (Wildman–Crippen MR) is 149 cm³/mol. The molecular formula is C28H29N7O2. The van der Waals surface area contributed by atoms with Crippen molar-refractivity contribution in [2.45, 2.75) is 13.8 Å². The van der Waals surface area contributed by atoms with Crippen molar-refractivity contribution in [3.8, 4) is 11.5 Å². The molecule has 0 aliphatic carbocycles. The Morgan fingerprint density at radius 1 is 0.649 bits per heavy atom. The van der Waals surface area contributed by atoms with Crippen molar-refractivity contribution in [3.63, 3.8) is 0 Å². The average molecular weight is 496 g/mol. The molecule has 37 heavy (non-hydrogen) atoms. The number of aromatic nitrogens is 2. The summed E-state index contributed by atoms with van der Waals surface area (Å²) in [7, 11) is 3.28. The number of benzene rings is 3. The molecule has 4 rings (SSSR count). The van der Waals surface area contributed by atoms with Gasteiger partial charge in [-0.1, -0.05) is 42.5 Å². The maximum atomic E-state index is 5.31. The predicted octanol–water partition coefficient (Wildman–Crippen LogP) is 5.91. The van der Waals surface area contributed by atoms with Gasteiger partial charge in [-0.05, 0) is 50.2 Å². The van der Waals surface area contributed by atoms with Gasteiger partial charge in [0, 0.05) is 22.9 Å². The van der Waals surface area contributed by atoms with Crippen LogP contribution in [-0.2, 0) is 0 Å². The van der Waals surface area contributed by atoms with Crippen molar-refractivity contribution < 1.29 is 9.47 Å². The number of nitrogens with zero attached hydrogens (tertiary/aromatic N) is 4. The van der Waals surface area contributed by atoms with Crippen LogP contribution in [0.3, 0.4) is 0 Å². The standard InChI is InChI=1S/C28H29N7O2/c1-19(21-10-8-14-24(16-21)36-3)32-34-26-18-27(31-28(30-26)29-23-12-6-5-7-13-23)35-33-20(2)22-11-9-15-25(17-22)37-4/h5-18H,1-4H3,(H3,29,30,31,34,35). The maximum absolute atomic E-state index is 5.31. The second-order valence-electron chi connectivity index (χ2n) is 8.04. The normalized spacial score (nSPS) is 11.6. The summed E-state index contributed by atoms with van der Waals surface area (Å²) in [5.74, 6) is 2.90. The van der Waals surface area contributed by atoms with Crippen LogP contribution in [0.2, 0.25) is 0 Å². The Morgan fingerprint density at radius 3 is 1.65 bits per heavy atom. The zero-order valence-corrected chi connectivity index (χ0v) is 21.2. The fraction of sp³-hybridized carbons (Fsp3) is 0.143. The van der Waals surface area contributed by atoms with E-state index in [2.05, 4.69) is 36.3 Å². The van der Waals surface area contributed by atoms with Crippen molar-refractivity contribution in [3.05, 3.63) is 96.1 Å². The second kappa shape index (κ2) is 12.2. The highest BCUT2D eigenvalue weighted by Crippen LogP contribution is 2.20. The number of nitrogens with one attached hydrogen (secondary N) is 3. The van der Waals surface area contributed by atoms with Crippen molar-refractivity contribution in [2.24, 2.45) is 10.2 Å². The zero-order chi connectivity index (χ0) is 26.0. The lowest BCUT2D eigenvalue weighted by molar-refractivity contribution is 0.414. The highest BCUT2D eigenvalue weighted by molar-refractivity contribution is 6.00. The molecule has 0 bridgehead atoms. The molecule has 0 aliphatic rings. The molecule has 4 aromatic rings. The Bertz CT molecular complexity index is 1320. The maximum Gasteiger partial charge on any atom is 0.231 e. The van der Waals surface area contributed by atoms with Crippen LogP contribution in [0.5, 0.6) is 11.5 Å². The van der Waals surface area contributed by atoms with Crippen LogP contribution < -0.4 is 25.6 Å². The van der Waals surface area contributed by atoms with Crippen molar-refractivity contribution in [1.29, 1.82) is 0 Å². The first-order valence-corrected chi connectivity index (χ1v) is 11.6. The molecule has 0 saturated carbocycles. The molecular weight excluding hydrogens is 466 g/mol. The molecule has 9 nitrogen and oxygen atoms in total. The van der Waals surface area contributed by atoms with E-state index in [1.165, 1.54) is 0 Å². The van der Waals surface area contributed by atoms with E-state index < -0.39 is 0 Å². The molecule has 0 saturated heterocycles. The van der Waals surface area contributed by atoms with Crippen LogP contribution >= 0.6 is 0 Å². The number of anilines is 4. The minimum Gasteiger partial charge on any atom is -0.497 e. The number of hydrogen-bond donors (Lipinski definition) is 3. The number of ether oxygens (including phenoxy) is 2. The van der Waals surface area contributed by atoms with E-state index in [-0.39, 0.29) is 0 Å². The Kier molecular flexibility index (Phi) is 8.28. The highest BCUT2D eigenvalue weighted by atomic mass is 16.5. The van der Waals surface area contributed by atoms with Gasteiger partial charge >= 0.3 is 0 Å².